The second-order valence-corrected chi connectivity index (χ2v) is 4.57. The van der Waals surface area contributed by atoms with Crippen LogP contribution in [0.15, 0.2) is 43.0 Å². The number of aliphatic hydroxyl groups is 1. The van der Waals surface area contributed by atoms with Crippen molar-refractivity contribution in [2.75, 3.05) is 0 Å². The van der Waals surface area contributed by atoms with Gasteiger partial charge in [-0.15, -0.1) is 0 Å². The molecule has 1 aromatic heterocycles. The quantitative estimate of drug-likeness (QED) is 0.877. The van der Waals surface area contributed by atoms with Gasteiger partial charge in [0, 0.05) is 18.0 Å². The molecule has 0 saturated carbocycles. The van der Waals surface area contributed by atoms with Gasteiger partial charge in [0.2, 0.25) is 0 Å². The van der Waals surface area contributed by atoms with Gasteiger partial charge in [-0.1, -0.05) is 24.3 Å². The first kappa shape index (κ1) is 12.7. The molecule has 0 radical (unpaired) electrons. The highest BCUT2D eigenvalue weighted by atomic mass is 16.3. The van der Waals surface area contributed by atoms with Gasteiger partial charge >= 0.3 is 0 Å². The minimum absolute atomic E-state index is 0.212. The summed E-state index contributed by atoms with van der Waals surface area (Å²) in [6, 6.07) is 8.41. The molecule has 3 nitrogen and oxygen atoms in total. The molecule has 3 heteroatoms. The zero-order chi connectivity index (χ0) is 12.8. The first-order chi connectivity index (χ1) is 8.75. The highest BCUT2D eigenvalue weighted by molar-refractivity contribution is 5.62. The predicted octanol–water partition coefficient (Wildman–Crippen LogP) is 2.85. The molecule has 0 bridgehead atoms. The molecule has 1 aromatic carbocycles. The maximum atomic E-state index is 9.25. The molecule has 2 aromatic rings. The number of aliphatic hydroxyl groups excluding tert-OH is 1. The van der Waals surface area contributed by atoms with Crippen LogP contribution in [0.2, 0.25) is 0 Å². The van der Waals surface area contributed by atoms with E-state index >= 15 is 0 Å². The zero-order valence-corrected chi connectivity index (χ0v) is 10.6. The maximum absolute atomic E-state index is 9.25. The molecule has 0 saturated heterocycles. The summed E-state index contributed by atoms with van der Waals surface area (Å²) in [5, 5.41) is 9.25. The fraction of sp³-hybridized carbons (Fsp3) is 0.333. The lowest BCUT2D eigenvalue weighted by Crippen LogP contribution is -1.99. The lowest BCUT2D eigenvalue weighted by atomic mass is 10.0. The van der Waals surface area contributed by atoms with E-state index in [2.05, 4.69) is 34.2 Å². The molecular formula is C15H18N2O. The van der Waals surface area contributed by atoms with E-state index in [9.17, 15) is 5.11 Å². The number of hydrogen-bond donors (Lipinski definition) is 1. The Bertz CT molecular complexity index is 483. The van der Waals surface area contributed by atoms with Gasteiger partial charge in [-0.3, -0.25) is 0 Å². The smallest absolute Gasteiger partial charge is 0.115 e. The van der Waals surface area contributed by atoms with Crippen molar-refractivity contribution in [1.29, 1.82) is 0 Å². The summed E-state index contributed by atoms with van der Waals surface area (Å²) in [6.07, 6.45) is 7.81. The topological polar surface area (TPSA) is 46.0 Å². The molecule has 1 heterocycles. The average molecular weight is 242 g/mol. The third kappa shape index (κ3) is 3.64. The third-order valence-corrected chi connectivity index (χ3v) is 2.91. The van der Waals surface area contributed by atoms with Crippen LogP contribution < -0.4 is 0 Å². The summed E-state index contributed by atoms with van der Waals surface area (Å²) in [5.41, 5.74) is 3.47. The van der Waals surface area contributed by atoms with Gasteiger partial charge in [0.25, 0.3) is 0 Å². The summed E-state index contributed by atoms with van der Waals surface area (Å²) >= 11 is 0. The number of rotatable bonds is 5. The van der Waals surface area contributed by atoms with Gasteiger partial charge in [0.1, 0.15) is 6.33 Å². The molecule has 2 rings (SSSR count). The predicted molar refractivity (Wildman–Crippen MR) is 72.1 cm³/mol. The fourth-order valence-corrected chi connectivity index (χ4v) is 1.96. The summed E-state index contributed by atoms with van der Waals surface area (Å²) in [5.74, 6) is 0. The van der Waals surface area contributed by atoms with Gasteiger partial charge in [0.15, 0.2) is 0 Å². The Morgan fingerprint density at radius 2 is 1.94 bits per heavy atom. The van der Waals surface area contributed by atoms with Crippen molar-refractivity contribution < 1.29 is 5.11 Å². The van der Waals surface area contributed by atoms with E-state index in [4.69, 9.17) is 0 Å². The van der Waals surface area contributed by atoms with Crippen LogP contribution in [0.4, 0.5) is 0 Å². The number of nitrogens with zero attached hydrogens (tertiary/aromatic N) is 2. The molecule has 18 heavy (non-hydrogen) atoms. The number of benzene rings is 1. The summed E-state index contributed by atoms with van der Waals surface area (Å²) < 4.78 is 0. The van der Waals surface area contributed by atoms with E-state index in [0.29, 0.717) is 0 Å². The normalized spacial score (nSPS) is 12.3. The number of aryl methyl sites for hydroxylation is 1. The highest BCUT2D eigenvalue weighted by Gasteiger charge is 2.01. The molecule has 1 unspecified atom stereocenters. The molecule has 0 aliphatic carbocycles. The third-order valence-electron chi connectivity index (χ3n) is 2.91. The van der Waals surface area contributed by atoms with Crippen molar-refractivity contribution in [3.63, 3.8) is 0 Å². The van der Waals surface area contributed by atoms with Crippen molar-refractivity contribution in [3.05, 3.63) is 48.5 Å². The van der Waals surface area contributed by atoms with Crippen LogP contribution in [0, 0.1) is 0 Å². The number of aromatic nitrogens is 2. The average Bonchev–Trinajstić information content (AvgIpc) is 2.40. The Hall–Kier alpha value is -1.74. The minimum Gasteiger partial charge on any atom is -0.393 e. The van der Waals surface area contributed by atoms with E-state index in [0.717, 1.165) is 30.4 Å². The van der Waals surface area contributed by atoms with E-state index < -0.39 is 0 Å². The Morgan fingerprint density at radius 1 is 1.17 bits per heavy atom. The van der Waals surface area contributed by atoms with Crippen molar-refractivity contribution in [3.8, 4) is 11.1 Å². The Balaban J connectivity index is 2.06. The molecule has 0 aliphatic heterocycles. The molecule has 1 N–H and O–H groups in total. The summed E-state index contributed by atoms with van der Waals surface area (Å²) in [6.45, 7) is 1.83. The zero-order valence-electron chi connectivity index (χ0n) is 10.6. The van der Waals surface area contributed by atoms with Crippen molar-refractivity contribution in [2.24, 2.45) is 0 Å². The van der Waals surface area contributed by atoms with Crippen LogP contribution >= 0.6 is 0 Å². The van der Waals surface area contributed by atoms with Crippen LogP contribution in [0.25, 0.3) is 11.1 Å². The second kappa shape index (κ2) is 6.26. The van der Waals surface area contributed by atoms with Gasteiger partial charge < -0.3 is 5.11 Å². The van der Waals surface area contributed by atoms with Crippen molar-refractivity contribution >= 4 is 0 Å². The Morgan fingerprint density at radius 3 is 2.67 bits per heavy atom. The summed E-state index contributed by atoms with van der Waals surface area (Å²) in [7, 11) is 0. The molecule has 1 atom stereocenters. The lowest BCUT2D eigenvalue weighted by molar-refractivity contribution is 0.182. The maximum Gasteiger partial charge on any atom is 0.115 e. The van der Waals surface area contributed by atoms with E-state index in [-0.39, 0.29) is 6.10 Å². The molecule has 0 spiro atoms. The molecule has 0 fully saturated rings. The lowest BCUT2D eigenvalue weighted by Gasteiger charge is -2.06. The second-order valence-electron chi connectivity index (χ2n) is 4.57. The largest absolute Gasteiger partial charge is 0.393 e. The Labute approximate surface area is 108 Å². The Kier molecular flexibility index (Phi) is 4.42. The summed E-state index contributed by atoms with van der Waals surface area (Å²) in [4.78, 5) is 8.06. The first-order valence-corrected chi connectivity index (χ1v) is 6.28. The fourth-order valence-electron chi connectivity index (χ4n) is 1.96. The highest BCUT2D eigenvalue weighted by Crippen LogP contribution is 2.19. The number of hydrogen-bond acceptors (Lipinski definition) is 3. The molecule has 0 amide bonds. The van der Waals surface area contributed by atoms with E-state index in [1.807, 2.05) is 19.3 Å². The van der Waals surface area contributed by atoms with Crippen LogP contribution in [0.5, 0.6) is 0 Å². The van der Waals surface area contributed by atoms with Crippen LogP contribution in [-0.2, 0) is 6.42 Å². The van der Waals surface area contributed by atoms with Gasteiger partial charge in [-0.2, -0.15) is 0 Å². The molecular weight excluding hydrogens is 224 g/mol. The minimum atomic E-state index is -0.212. The standard InChI is InChI=1S/C15H18N2O/c1-12(18)4-2-5-13-6-3-7-14(8-13)15-9-16-11-17-10-15/h3,6-12,18H,2,4-5H2,1H3. The van der Waals surface area contributed by atoms with Gasteiger partial charge in [-0.25, -0.2) is 9.97 Å². The molecule has 94 valence electrons. The SMILES string of the molecule is CC(O)CCCc1cccc(-c2cncnc2)c1. The van der Waals surface area contributed by atoms with E-state index in [1.165, 1.54) is 11.9 Å². The van der Waals surface area contributed by atoms with Crippen LogP contribution in [-0.4, -0.2) is 21.2 Å². The van der Waals surface area contributed by atoms with Crippen LogP contribution in [0.1, 0.15) is 25.3 Å². The van der Waals surface area contributed by atoms with Crippen LogP contribution in [0.3, 0.4) is 0 Å². The first-order valence-electron chi connectivity index (χ1n) is 6.28. The monoisotopic (exact) mass is 242 g/mol. The van der Waals surface area contributed by atoms with Gasteiger partial charge in [0.05, 0.1) is 6.10 Å². The molecule has 0 aliphatic rings. The van der Waals surface area contributed by atoms with E-state index in [1.54, 1.807) is 0 Å². The van der Waals surface area contributed by atoms with Crippen molar-refractivity contribution in [1.82, 2.24) is 9.97 Å². The van der Waals surface area contributed by atoms with Crippen molar-refractivity contribution in [2.45, 2.75) is 32.3 Å². The van der Waals surface area contributed by atoms with Gasteiger partial charge in [-0.05, 0) is 37.3 Å².